The summed E-state index contributed by atoms with van der Waals surface area (Å²) in [4.78, 5) is 8.78. The van der Waals surface area contributed by atoms with Gasteiger partial charge in [0.1, 0.15) is 10.7 Å². The van der Waals surface area contributed by atoms with Gasteiger partial charge in [0.2, 0.25) is 0 Å². The summed E-state index contributed by atoms with van der Waals surface area (Å²) in [5, 5.41) is 10.7. The van der Waals surface area contributed by atoms with Gasteiger partial charge in [0.25, 0.3) is 0 Å². The van der Waals surface area contributed by atoms with Crippen LogP contribution in [0.25, 0.3) is 16.8 Å². The van der Waals surface area contributed by atoms with Crippen LogP contribution in [0, 0.1) is 0 Å². The van der Waals surface area contributed by atoms with E-state index in [9.17, 15) is 0 Å². The predicted molar refractivity (Wildman–Crippen MR) is 104 cm³/mol. The molecular weight excluding hydrogens is 340 g/mol. The fraction of sp³-hybridized carbons (Fsp3) is 0.0952. The standard InChI is InChI=1S/C21H16N4S/c1-2-5-15(6-3-1)21(16-7-4-10-22-14-16)9-8-17-18(13-21)24-25-19(17)20-23-11-12-26-20/h1-12,14H,13H2,(H,24,25). The molecule has 5 heteroatoms. The summed E-state index contributed by atoms with van der Waals surface area (Å²) in [5.41, 5.74) is 5.37. The number of aromatic nitrogens is 4. The zero-order valence-corrected chi connectivity index (χ0v) is 14.8. The summed E-state index contributed by atoms with van der Waals surface area (Å²) in [6, 6.07) is 14.7. The van der Waals surface area contributed by atoms with Crippen molar-refractivity contribution in [2.75, 3.05) is 0 Å². The Labute approximate surface area is 155 Å². The van der Waals surface area contributed by atoms with Crippen molar-refractivity contribution in [1.29, 1.82) is 0 Å². The molecule has 26 heavy (non-hydrogen) atoms. The molecule has 0 radical (unpaired) electrons. The number of nitrogens with zero attached hydrogens (tertiary/aromatic N) is 3. The lowest BCUT2D eigenvalue weighted by molar-refractivity contribution is 0.618. The van der Waals surface area contributed by atoms with Crippen molar-refractivity contribution in [3.8, 4) is 10.7 Å². The van der Waals surface area contributed by atoms with Crippen LogP contribution in [0.1, 0.15) is 22.4 Å². The quantitative estimate of drug-likeness (QED) is 0.589. The Hall–Kier alpha value is -3.05. The highest BCUT2D eigenvalue weighted by atomic mass is 32.1. The fourth-order valence-corrected chi connectivity index (χ4v) is 4.33. The molecule has 1 aliphatic carbocycles. The third-order valence-electron chi connectivity index (χ3n) is 4.97. The molecular formula is C21H16N4S. The average molecular weight is 356 g/mol. The number of pyridine rings is 1. The molecule has 126 valence electrons. The Morgan fingerprint density at radius 2 is 1.88 bits per heavy atom. The number of allylic oxidation sites excluding steroid dienone is 1. The van der Waals surface area contributed by atoms with E-state index in [0.717, 1.165) is 28.4 Å². The van der Waals surface area contributed by atoms with Crippen molar-refractivity contribution in [2.45, 2.75) is 11.8 Å². The molecule has 1 aromatic carbocycles. The van der Waals surface area contributed by atoms with Gasteiger partial charge in [0, 0.05) is 47.1 Å². The lowest BCUT2D eigenvalue weighted by Crippen LogP contribution is -2.30. The smallest absolute Gasteiger partial charge is 0.144 e. The van der Waals surface area contributed by atoms with E-state index in [1.165, 1.54) is 11.1 Å². The summed E-state index contributed by atoms with van der Waals surface area (Å²) < 4.78 is 0. The monoisotopic (exact) mass is 356 g/mol. The van der Waals surface area contributed by atoms with Gasteiger partial charge >= 0.3 is 0 Å². The lowest BCUT2D eigenvalue weighted by atomic mass is 9.69. The first-order valence-electron chi connectivity index (χ1n) is 8.49. The molecule has 0 fully saturated rings. The molecule has 0 aliphatic heterocycles. The summed E-state index contributed by atoms with van der Waals surface area (Å²) in [7, 11) is 0. The number of aromatic amines is 1. The number of hydrogen-bond acceptors (Lipinski definition) is 4. The molecule has 3 aromatic heterocycles. The van der Waals surface area contributed by atoms with Crippen LogP contribution in [0.15, 0.2) is 72.5 Å². The summed E-state index contributed by atoms with van der Waals surface area (Å²) >= 11 is 1.61. The maximum atomic E-state index is 4.55. The number of fused-ring (bicyclic) bond motifs is 1. The first-order valence-corrected chi connectivity index (χ1v) is 9.37. The maximum absolute atomic E-state index is 4.55. The molecule has 1 unspecified atom stereocenters. The minimum absolute atomic E-state index is 0.255. The first kappa shape index (κ1) is 15.2. The number of nitrogens with one attached hydrogen (secondary N) is 1. The van der Waals surface area contributed by atoms with Gasteiger partial charge in [-0.25, -0.2) is 4.98 Å². The minimum atomic E-state index is -0.255. The van der Waals surface area contributed by atoms with Gasteiger partial charge < -0.3 is 0 Å². The second kappa shape index (κ2) is 6.04. The van der Waals surface area contributed by atoms with Crippen LogP contribution in [0.3, 0.4) is 0 Å². The molecule has 0 spiro atoms. The van der Waals surface area contributed by atoms with Crippen molar-refractivity contribution in [3.05, 3.63) is 94.9 Å². The van der Waals surface area contributed by atoms with Gasteiger partial charge in [0.15, 0.2) is 0 Å². The molecule has 1 N–H and O–H groups in total. The molecule has 1 atom stereocenters. The number of rotatable bonds is 3. The third kappa shape index (κ3) is 2.32. The zero-order chi connectivity index (χ0) is 17.4. The molecule has 1 aliphatic rings. The normalized spacial score (nSPS) is 18.6. The van der Waals surface area contributed by atoms with Gasteiger partial charge in [-0.3, -0.25) is 10.1 Å². The van der Waals surface area contributed by atoms with E-state index in [1.807, 2.05) is 30.0 Å². The minimum Gasteiger partial charge on any atom is -0.281 e. The van der Waals surface area contributed by atoms with Crippen LogP contribution in [0.2, 0.25) is 0 Å². The fourth-order valence-electron chi connectivity index (χ4n) is 3.69. The van der Waals surface area contributed by atoms with Gasteiger partial charge in [0.05, 0.1) is 0 Å². The van der Waals surface area contributed by atoms with Crippen LogP contribution < -0.4 is 0 Å². The molecule has 3 heterocycles. The van der Waals surface area contributed by atoms with E-state index in [4.69, 9.17) is 0 Å². The van der Waals surface area contributed by atoms with Gasteiger partial charge in [-0.1, -0.05) is 48.6 Å². The molecule has 4 aromatic rings. The second-order valence-corrected chi connectivity index (χ2v) is 7.29. The van der Waals surface area contributed by atoms with E-state index in [1.54, 1.807) is 11.3 Å². The van der Waals surface area contributed by atoms with Crippen LogP contribution in [0.4, 0.5) is 0 Å². The highest BCUT2D eigenvalue weighted by molar-refractivity contribution is 7.13. The van der Waals surface area contributed by atoms with Gasteiger partial charge in [-0.15, -0.1) is 11.3 Å². The number of thiazole rings is 1. The first-order chi connectivity index (χ1) is 12.9. The summed E-state index contributed by atoms with van der Waals surface area (Å²) in [6.45, 7) is 0. The Bertz CT molecular complexity index is 1010. The van der Waals surface area contributed by atoms with E-state index in [-0.39, 0.29) is 5.41 Å². The molecule has 0 saturated heterocycles. The van der Waals surface area contributed by atoms with Crippen LogP contribution in [-0.2, 0) is 11.8 Å². The number of hydrogen-bond donors (Lipinski definition) is 1. The highest BCUT2D eigenvalue weighted by Crippen LogP contribution is 2.42. The van der Waals surface area contributed by atoms with Crippen LogP contribution in [0.5, 0.6) is 0 Å². The second-order valence-electron chi connectivity index (χ2n) is 6.39. The summed E-state index contributed by atoms with van der Waals surface area (Å²) in [5.74, 6) is 0. The van der Waals surface area contributed by atoms with Crippen LogP contribution >= 0.6 is 11.3 Å². The zero-order valence-electron chi connectivity index (χ0n) is 14.0. The Balaban J connectivity index is 1.67. The van der Waals surface area contributed by atoms with Crippen LogP contribution in [-0.4, -0.2) is 20.2 Å². The van der Waals surface area contributed by atoms with E-state index < -0.39 is 0 Å². The largest absolute Gasteiger partial charge is 0.281 e. The molecule has 5 rings (SSSR count). The Kier molecular flexibility index (Phi) is 3.53. The number of benzene rings is 1. The molecule has 4 nitrogen and oxygen atoms in total. The van der Waals surface area contributed by atoms with E-state index in [2.05, 4.69) is 68.7 Å². The Morgan fingerprint density at radius 1 is 1.00 bits per heavy atom. The predicted octanol–water partition coefficient (Wildman–Crippen LogP) is 4.48. The SMILES string of the molecule is C1=CC(c2ccccc2)(c2cccnc2)Cc2[nH]nc(-c3nccs3)c21. The molecule has 0 bridgehead atoms. The molecule has 0 amide bonds. The molecule has 0 saturated carbocycles. The van der Waals surface area contributed by atoms with E-state index in [0.29, 0.717) is 0 Å². The lowest BCUT2D eigenvalue weighted by Gasteiger charge is -2.34. The van der Waals surface area contributed by atoms with Crippen molar-refractivity contribution in [3.63, 3.8) is 0 Å². The third-order valence-corrected chi connectivity index (χ3v) is 5.75. The van der Waals surface area contributed by atoms with Crippen molar-refractivity contribution in [1.82, 2.24) is 20.2 Å². The average Bonchev–Trinajstić information content (AvgIpc) is 3.38. The van der Waals surface area contributed by atoms with Crippen molar-refractivity contribution >= 4 is 17.4 Å². The van der Waals surface area contributed by atoms with Crippen molar-refractivity contribution in [2.24, 2.45) is 0 Å². The highest BCUT2D eigenvalue weighted by Gasteiger charge is 2.36. The number of H-pyrrole nitrogens is 1. The topological polar surface area (TPSA) is 54.5 Å². The van der Waals surface area contributed by atoms with E-state index >= 15 is 0 Å². The van der Waals surface area contributed by atoms with Crippen molar-refractivity contribution < 1.29 is 0 Å². The maximum Gasteiger partial charge on any atom is 0.144 e. The van der Waals surface area contributed by atoms with Gasteiger partial charge in [-0.2, -0.15) is 5.10 Å². The summed E-state index contributed by atoms with van der Waals surface area (Å²) in [6.07, 6.45) is 10.9. The Morgan fingerprint density at radius 3 is 2.65 bits per heavy atom. The van der Waals surface area contributed by atoms with Gasteiger partial charge in [-0.05, 0) is 17.2 Å².